The summed E-state index contributed by atoms with van der Waals surface area (Å²) in [6.45, 7) is 0.193. The van der Waals surface area contributed by atoms with E-state index in [1.165, 1.54) is 30.4 Å². The molecular formula is C18H24N2O2. The standard InChI is InChI=1S/C18H24N2O2/c21-10-15-12-5-6-13(9-12)17(15)20-18(22)19-16-8-7-11-3-1-2-4-14(11)16/h1-4,12-13,15-17,21H,5-10H2,(H2,19,20,22). The Morgan fingerprint density at radius 3 is 2.82 bits per heavy atom. The van der Waals surface area contributed by atoms with E-state index < -0.39 is 0 Å². The summed E-state index contributed by atoms with van der Waals surface area (Å²) in [5.74, 6) is 1.41. The van der Waals surface area contributed by atoms with Gasteiger partial charge in [-0.1, -0.05) is 24.3 Å². The number of aliphatic hydroxyl groups is 1. The first kappa shape index (κ1) is 14.1. The molecule has 5 atom stereocenters. The lowest BCUT2D eigenvalue weighted by Gasteiger charge is -2.31. The van der Waals surface area contributed by atoms with E-state index in [9.17, 15) is 9.90 Å². The molecule has 2 bridgehead atoms. The van der Waals surface area contributed by atoms with Crippen molar-refractivity contribution in [2.45, 2.75) is 44.2 Å². The first-order valence-electron chi connectivity index (χ1n) is 8.52. The summed E-state index contributed by atoms with van der Waals surface area (Å²) in [6.07, 6.45) is 5.59. The Morgan fingerprint density at radius 2 is 1.95 bits per heavy atom. The van der Waals surface area contributed by atoms with E-state index >= 15 is 0 Å². The smallest absolute Gasteiger partial charge is 0.315 e. The Labute approximate surface area is 131 Å². The molecule has 0 radical (unpaired) electrons. The van der Waals surface area contributed by atoms with Crippen LogP contribution in [-0.4, -0.2) is 23.8 Å². The minimum Gasteiger partial charge on any atom is -0.396 e. The number of hydrogen-bond acceptors (Lipinski definition) is 2. The molecule has 4 heteroatoms. The van der Waals surface area contributed by atoms with Crippen LogP contribution >= 0.6 is 0 Å². The largest absolute Gasteiger partial charge is 0.396 e. The summed E-state index contributed by atoms with van der Waals surface area (Å²) < 4.78 is 0. The van der Waals surface area contributed by atoms with E-state index in [1.54, 1.807) is 0 Å². The van der Waals surface area contributed by atoms with Crippen molar-refractivity contribution in [3.8, 4) is 0 Å². The van der Waals surface area contributed by atoms with E-state index in [4.69, 9.17) is 0 Å². The van der Waals surface area contributed by atoms with E-state index in [0.717, 1.165) is 12.8 Å². The maximum absolute atomic E-state index is 12.4. The van der Waals surface area contributed by atoms with Crippen LogP contribution < -0.4 is 10.6 Å². The molecule has 3 N–H and O–H groups in total. The van der Waals surface area contributed by atoms with Crippen LogP contribution in [0, 0.1) is 17.8 Å². The molecule has 4 rings (SSSR count). The zero-order valence-electron chi connectivity index (χ0n) is 12.8. The van der Waals surface area contributed by atoms with Gasteiger partial charge in [0.2, 0.25) is 0 Å². The second kappa shape index (κ2) is 5.58. The lowest BCUT2D eigenvalue weighted by atomic mass is 9.85. The van der Waals surface area contributed by atoms with Gasteiger partial charge in [-0.25, -0.2) is 4.79 Å². The van der Waals surface area contributed by atoms with Gasteiger partial charge in [-0.15, -0.1) is 0 Å². The monoisotopic (exact) mass is 300 g/mol. The number of hydrogen-bond donors (Lipinski definition) is 3. The lowest BCUT2D eigenvalue weighted by Crippen LogP contribution is -2.49. The Kier molecular flexibility index (Phi) is 3.57. The number of rotatable bonds is 3. The van der Waals surface area contributed by atoms with Gasteiger partial charge in [-0.05, 0) is 55.1 Å². The van der Waals surface area contributed by atoms with Crippen molar-refractivity contribution in [1.82, 2.24) is 10.6 Å². The molecule has 0 aliphatic heterocycles. The van der Waals surface area contributed by atoms with Crippen LogP contribution in [0.1, 0.15) is 42.9 Å². The van der Waals surface area contributed by atoms with Gasteiger partial charge in [-0.3, -0.25) is 0 Å². The van der Waals surface area contributed by atoms with E-state index in [2.05, 4.69) is 28.8 Å². The summed E-state index contributed by atoms with van der Waals surface area (Å²) in [5, 5.41) is 15.9. The van der Waals surface area contributed by atoms with Crippen molar-refractivity contribution < 1.29 is 9.90 Å². The SMILES string of the molecule is O=C(NC1CCc2ccccc21)NC1C2CCC(C2)C1CO. The average molecular weight is 300 g/mol. The van der Waals surface area contributed by atoms with E-state index in [1.807, 2.05) is 6.07 Å². The van der Waals surface area contributed by atoms with Crippen LogP contribution in [0.4, 0.5) is 4.79 Å². The summed E-state index contributed by atoms with van der Waals surface area (Å²) in [6, 6.07) is 8.56. The van der Waals surface area contributed by atoms with Crippen LogP contribution in [0.5, 0.6) is 0 Å². The number of urea groups is 1. The van der Waals surface area contributed by atoms with Crippen LogP contribution in [-0.2, 0) is 6.42 Å². The number of amides is 2. The second-order valence-corrected chi connectivity index (χ2v) is 7.11. The third-order valence-corrected chi connectivity index (χ3v) is 6.04. The summed E-state index contributed by atoms with van der Waals surface area (Å²) >= 11 is 0. The predicted octanol–water partition coefficient (Wildman–Crippen LogP) is 2.38. The molecule has 3 aliphatic carbocycles. The summed E-state index contributed by atoms with van der Waals surface area (Å²) in [4.78, 5) is 12.4. The maximum Gasteiger partial charge on any atom is 0.315 e. The van der Waals surface area contributed by atoms with Gasteiger partial charge in [0.25, 0.3) is 0 Å². The first-order valence-corrected chi connectivity index (χ1v) is 8.52. The van der Waals surface area contributed by atoms with Gasteiger partial charge in [0.05, 0.1) is 6.04 Å². The molecule has 0 aromatic heterocycles. The molecule has 1 aromatic carbocycles. The topological polar surface area (TPSA) is 61.4 Å². The van der Waals surface area contributed by atoms with Crippen molar-refractivity contribution in [2.75, 3.05) is 6.61 Å². The third kappa shape index (κ3) is 2.30. The predicted molar refractivity (Wildman–Crippen MR) is 84.4 cm³/mol. The molecule has 5 unspecified atom stereocenters. The minimum absolute atomic E-state index is 0.0716. The zero-order valence-corrected chi connectivity index (χ0v) is 12.8. The van der Waals surface area contributed by atoms with E-state index in [-0.39, 0.29) is 30.6 Å². The quantitative estimate of drug-likeness (QED) is 0.802. The highest BCUT2D eigenvalue weighted by Crippen LogP contribution is 2.48. The molecule has 118 valence electrons. The van der Waals surface area contributed by atoms with Crippen molar-refractivity contribution in [1.29, 1.82) is 0 Å². The molecule has 2 amide bonds. The van der Waals surface area contributed by atoms with Crippen molar-refractivity contribution >= 4 is 6.03 Å². The van der Waals surface area contributed by atoms with Crippen LogP contribution in [0.3, 0.4) is 0 Å². The summed E-state index contributed by atoms with van der Waals surface area (Å²) in [7, 11) is 0. The Bertz CT molecular complexity index is 574. The van der Waals surface area contributed by atoms with E-state index in [0.29, 0.717) is 11.8 Å². The highest BCUT2D eigenvalue weighted by atomic mass is 16.3. The van der Waals surface area contributed by atoms with Crippen molar-refractivity contribution in [3.05, 3.63) is 35.4 Å². The normalized spacial score (nSPS) is 35.4. The fraction of sp³-hybridized carbons (Fsp3) is 0.611. The summed E-state index contributed by atoms with van der Waals surface area (Å²) in [5.41, 5.74) is 2.60. The molecule has 0 saturated heterocycles. The Morgan fingerprint density at radius 1 is 1.14 bits per heavy atom. The molecule has 0 heterocycles. The molecule has 2 saturated carbocycles. The van der Waals surface area contributed by atoms with Gasteiger partial charge < -0.3 is 15.7 Å². The second-order valence-electron chi connectivity index (χ2n) is 7.11. The number of carbonyl (C=O) groups is 1. The molecule has 0 spiro atoms. The lowest BCUT2D eigenvalue weighted by molar-refractivity contribution is 0.144. The number of nitrogens with one attached hydrogen (secondary N) is 2. The third-order valence-electron chi connectivity index (χ3n) is 6.04. The van der Waals surface area contributed by atoms with Crippen LogP contribution in [0.25, 0.3) is 0 Å². The van der Waals surface area contributed by atoms with Gasteiger partial charge in [-0.2, -0.15) is 0 Å². The van der Waals surface area contributed by atoms with Crippen molar-refractivity contribution in [2.24, 2.45) is 17.8 Å². The van der Waals surface area contributed by atoms with Crippen LogP contribution in [0.15, 0.2) is 24.3 Å². The first-order chi connectivity index (χ1) is 10.8. The molecule has 3 aliphatic rings. The van der Waals surface area contributed by atoms with Gasteiger partial charge in [0.1, 0.15) is 0 Å². The van der Waals surface area contributed by atoms with Crippen LogP contribution in [0.2, 0.25) is 0 Å². The average Bonchev–Trinajstić information content (AvgIpc) is 3.22. The Balaban J connectivity index is 1.40. The van der Waals surface area contributed by atoms with Gasteiger partial charge in [0.15, 0.2) is 0 Å². The number of fused-ring (bicyclic) bond motifs is 3. The zero-order chi connectivity index (χ0) is 15.1. The molecule has 2 fully saturated rings. The fourth-order valence-corrected chi connectivity index (χ4v) is 4.96. The molecule has 1 aromatic rings. The minimum atomic E-state index is -0.0716. The number of benzene rings is 1. The highest BCUT2D eigenvalue weighted by Gasteiger charge is 2.47. The maximum atomic E-state index is 12.4. The molecule has 4 nitrogen and oxygen atoms in total. The highest BCUT2D eigenvalue weighted by molar-refractivity contribution is 5.75. The van der Waals surface area contributed by atoms with Gasteiger partial charge in [0, 0.05) is 18.6 Å². The number of carbonyl (C=O) groups excluding carboxylic acids is 1. The van der Waals surface area contributed by atoms with Crippen molar-refractivity contribution in [3.63, 3.8) is 0 Å². The Hall–Kier alpha value is -1.55. The fourth-order valence-electron chi connectivity index (χ4n) is 4.96. The molecule has 22 heavy (non-hydrogen) atoms. The molecular weight excluding hydrogens is 276 g/mol. The number of aliphatic hydroxyl groups excluding tert-OH is 1. The van der Waals surface area contributed by atoms with Gasteiger partial charge >= 0.3 is 6.03 Å². The number of aryl methyl sites for hydroxylation is 1.